The molecule has 0 bridgehead atoms. The Labute approximate surface area is 146 Å². The van der Waals surface area contributed by atoms with Crippen LogP contribution in [0.1, 0.15) is 23.2 Å². The highest BCUT2D eigenvalue weighted by Crippen LogP contribution is 2.24. The Morgan fingerprint density at radius 2 is 1.96 bits per heavy atom. The molecule has 1 fully saturated rings. The summed E-state index contributed by atoms with van der Waals surface area (Å²) in [7, 11) is -1.49. The molecule has 1 saturated heterocycles. The van der Waals surface area contributed by atoms with Crippen LogP contribution < -0.4 is 0 Å². The molecule has 0 radical (unpaired) electrons. The van der Waals surface area contributed by atoms with Gasteiger partial charge in [-0.15, -0.1) is 0 Å². The zero-order valence-corrected chi connectivity index (χ0v) is 15.1. The lowest BCUT2D eigenvalue weighted by molar-refractivity contribution is 0.0674. The van der Waals surface area contributed by atoms with Gasteiger partial charge in [-0.25, -0.2) is 8.42 Å². The fourth-order valence-electron chi connectivity index (χ4n) is 2.69. The molecule has 5 nitrogen and oxygen atoms in total. The van der Waals surface area contributed by atoms with Crippen LogP contribution in [-0.2, 0) is 14.6 Å². The third-order valence-corrected chi connectivity index (χ3v) is 5.95. The van der Waals surface area contributed by atoms with Crippen LogP contribution in [0.25, 0.3) is 0 Å². The predicted molar refractivity (Wildman–Crippen MR) is 91.1 cm³/mol. The SMILES string of the molecule is COCCCN(C(=O)c1cc(Cl)cc(Cl)c1)C1CCS(=O)(=O)C1. The molecule has 1 unspecified atom stereocenters. The summed E-state index contributed by atoms with van der Waals surface area (Å²) in [5, 5.41) is 0.744. The van der Waals surface area contributed by atoms with Crippen LogP contribution >= 0.6 is 23.2 Å². The fraction of sp³-hybridized carbons (Fsp3) is 0.533. The number of amides is 1. The molecule has 128 valence electrons. The summed E-state index contributed by atoms with van der Waals surface area (Å²) >= 11 is 11.9. The van der Waals surface area contributed by atoms with E-state index in [9.17, 15) is 13.2 Å². The second-order valence-electron chi connectivity index (χ2n) is 5.56. The van der Waals surface area contributed by atoms with Crippen molar-refractivity contribution in [2.24, 2.45) is 0 Å². The van der Waals surface area contributed by atoms with Gasteiger partial charge in [0, 0.05) is 41.9 Å². The Bertz CT molecular complexity index is 658. The molecular weight excluding hydrogens is 361 g/mol. The zero-order chi connectivity index (χ0) is 17.0. The van der Waals surface area contributed by atoms with E-state index < -0.39 is 9.84 Å². The minimum absolute atomic E-state index is 0.0000198. The first kappa shape index (κ1) is 18.5. The Morgan fingerprint density at radius 3 is 2.48 bits per heavy atom. The summed E-state index contributed by atoms with van der Waals surface area (Å²) in [5.74, 6) is -0.144. The summed E-state index contributed by atoms with van der Waals surface area (Å²) in [6, 6.07) is 4.32. The first-order valence-electron chi connectivity index (χ1n) is 7.29. The number of ether oxygens (including phenoxy) is 1. The Hall–Kier alpha value is -0.820. The molecule has 1 aromatic carbocycles. The molecule has 1 heterocycles. The van der Waals surface area contributed by atoms with E-state index in [0.29, 0.717) is 41.6 Å². The van der Waals surface area contributed by atoms with Crippen molar-refractivity contribution < 1.29 is 17.9 Å². The molecule has 0 N–H and O–H groups in total. The van der Waals surface area contributed by atoms with Crippen molar-refractivity contribution in [3.8, 4) is 0 Å². The summed E-state index contributed by atoms with van der Waals surface area (Å²) in [6.45, 7) is 0.927. The molecule has 1 aromatic rings. The number of hydrogen-bond acceptors (Lipinski definition) is 4. The number of carbonyl (C=O) groups excluding carboxylic acids is 1. The molecule has 1 amide bonds. The summed E-state index contributed by atoms with van der Waals surface area (Å²) in [4.78, 5) is 14.4. The molecule has 0 saturated carbocycles. The van der Waals surface area contributed by atoms with Gasteiger partial charge in [0.15, 0.2) is 9.84 Å². The summed E-state index contributed by atoms with van der Waals surface area (Å²) in [6.07, 6.45) is 1.09. The van der Waals surface area contributed by atoms with Gasteiger partial charge in [0.05, 0.1) is 11.5 Å². The van der Waals surface area contributed by atoms with Crippen LogP contribution in [0.15, 0.2) is 18.2 Å². The number of sulfone groups is 1. The third kappa shape index (κ3) is 5.08. The first-order chi connectivity index (χ1) is 10.8. The van der Waals surface area contributed by atoms with E-state index in [1.807, 2.05) is 0 Å². The predicted octanol–water partition coefficient (Wildman–Crippen LogP) is 2.66. The molecule has 1 aliphatic rings. The highest BCUT2D eigenvalue weighted by Gasteiger charge is 2.34. The second kappa shape index (κ2) is 7.83. The molecule has 1 atom stereocenters. The minimum atomic E-state index is -3.08. The number of halogens is 2. The molecule has 23 heavy (non-hydrogen) atoms. The van der Waals surface area contributed by atoms with Gasteiger partial charge in [-0.1, -0.05) is 23.2 Å². The number of nitrogens with zero attached hydrogens (tertiary/aromatic N) is 1. The zero-order valence-electron chi connectivity index (χ0n) is 12.8. The Balaban J connectivity index is 2.23. The largest absolute Gasteiger partial charge is 0.385 e. The Kier molecular flexibility index (Phi) is 6.31. The van der Waals surface area contributed by atoms with Gasteiger partial charge in [-0.2, -0.15) is 0 Å². The fourth-order valence-corrected chi connectivity index (χ4v) is 4.95. The standard InChI is InChI=1S/C15H19Cl2NO4S/c1-22-5-2-4-18(14-3-6-23(20,21)10-14)15(19)11-7-12(16)9-13(17)8-11/h7-9,14H,2-6,10H2,1H3. The smallest absolute Gasteiger partial charge is 0.254 e. The van der Waals surface area contributed by atoms with E-state index in [2.05, 4.69) is 0 Å². The molecule has 8 heteroatoms. The maximum absolute atomic E-state index is 12.8. The van der Waals surface area contributed by atoms with E-state index in [1.165, 1.54) is 0 Å². The number of carbonyl (C=O) groups is 1. The van der Waals surface area contributed by atoms with Crippen LogP contribution in [0.5, 0.6) is 0 Å². The number of hydrogen-bond donors (Lipinski definition) is 0. The maximum atomic E-state index is 12.8. The topological polar surface area (TPSA) is 63.7 Å². The number of rotatable bonds is 6. The quantitative estimate of drug-likeness (QED) is 0.712. The minimum Gasteiger partial charge on any atom is -0.385 e. The van der Waals surface area contributed by atoms with Gasteiger partial charge in [0.2, 0.25) is 0 Å². The Morgan fingerprint density at radius 1 is 1.30 bits per heavy atom. The van der Waals surface area contributed by atoms with Gasteiger partial charge in [-0.3, -0.25) is 4.79 Å². The van der Waals surface area contributed by atoms with Gasteiger partial charge in [0.1, 0.15) is 0 Å². The van der Waals surface area contributed by atoms with Crippen molar-refractivity contribution in [1.82, 2.24) is 4.90 Å². The van der Waals surface area contributed by atoms with Gasteiger partial charge in [0.25, 0.3) is 5.91 Å². The maximum Gasteiger partial charge on any atom is 0.254 e. The molecule has 0 aliphatic carbocycles. The van der Waals surface area contributed by atoms with Crippen molar-refractivity contribution in [3.63, 3.8) is 0 Å². The van der Waals surface area contributed by atoms with Crippen LogP contribution in [0, 0.1) is 0 Å². The van der Waals surface area contributed by atoms with E-state index in [-0.39, 0.29) is 23.5 Å². The molecule has 2 rings (SSSR count). The van der Waals surface area contributed by atoms with Crippen LogP contribution in [0.3, 0.4) is 0 Å². The van der Waals surface area contributed by atoms with Crippen molar-refractivity contribution in [3.05, 3.63) is 33.8 Å². The van der Waals surface area contributed by atoms with E-state index in [1.54, 1.807) is 30.2 Å². The van der Waals surface area contributed by atoms with E-state index in [0.717, 1.165) is 0 Å². The molecular formula is C15H19Cl2NO4S. The monoisotopic (exact) mass is 379 g/mol. The highest BCUT2D eigenvalue weighted by molar-refractivity contribution is 7.91. The van der Waals surface area contributed by atoms with Crippen molar-refractivity contribution in [2.45, 2.75) is 18.9 Å². The molecule has 0 spiro atoms. The normalized spacial score (nSPS) is 19.7. The number of benzene rings is 1. The van der Waals surface area contributed by atoms with Gasteiger partial charge in [-0.05, 0) is 31.0 Å². The second-order valence-corrected chi connectivity index (χ2v) is 8.66. The van der Waals surface area contributed by atoms with Crippen LogP contribution in [0.4, 0.5) is 0 Å². The van der Waals surface area contributed by atoms with E-state index >= 15 is 0 Å². The van der Waals surface area contributed by atoms with E-state index in [4.69, 9.17) is 27.9 Å². The number of methoxy groups -OCH3 is 1. The average Bonchev–Trinajstić information content (AvgIpc) is 2.82. The van der Waals surface area contributed by atoms with Gasteiger partial charge < -0.3 is 9.64 Å². The van der Waals surface area contributed by atoms with Crippen molar-refractivity contribution in [2.75, 3.05) is 31.8 Å². The van der Waals surface area contributed by atoms with Crippen LogP contribution in [0.2, 0.25) is 10.0 Å². The summed E-state index contributed by atoms with van der Waals surface area (Å²) in [5.41, 5.74) is 0.365. The first-order valence-corrected chi connectivity index (χ1v) is 9.86. The lowest BCUT2D eigenvalue weighted by atomic mass is 10.1. The van der Waals surface area contributed by atoms with Crippen molar-refractivity contribution in [1.29, 1.82) is 0 Å². The van der Waals surface area contributed by atoms with Gasteiger partial charge >= 0.3 is 0 Å². The highest BCUT2D eigenvalue weighted by atomic mass is 35.5. The lowest BCUT2D eigenvalue weighted by Crippen LogP contribution is -2.42. The van der Waals surface area contributed by atoms with Crippen molar-refractivity contribution >= 4 is 38.9 Å². The molecule has 0 aromatic heterocycles. The molecule has 1 aliphatic heterocycles. The van der Waals surface area contributed by atoms with Crippen LogP contribution in [-0.4, -0.2) is 57.0 Å². The average molecular weight is 380 g/mol. The third-order valence-electron chi connectivity index (χ3n) is 3.77. The lowest BCUT2D eigenvalue weighted by Gasteiger charge is -2.28. The summed E-state index contributed by atoms with van der Waals surface area (Å²) < 4.78 is 28.5.